The molecule has 1 heterocycles. The van der Waals surface area contributed by atoms with Gasteiger partial charge in [0.1, 0.15) is 21.2 Å². The Hall–Kier alpha value is 0.490. The zero-order valence-corrected chi connectivity index (χ0v) is 9.80. The van der Waals surface area contributed by atoms with E-state index in [1.54, 1.807) is 0 Å². The first-order valence-corrected chi connectivity index (χ1v) is 6.87. The standard InChI is InChI=1S/C9H16O2S2/c1-8(2)9(11-13(12)10-8)6-4-3-5-7-9/h3-7H2,1-2H3. The van der Waals surface area contributed by atoms with Crippen LogP contribution in [0.1, 0.15) is 46.0 Å². The molecule has 2 aliphatic rings. The van der Waals surface area contributed by atoms with Gasteiger partial charge in [0.15, 0.2) is 0 Å². The number of rotatable bonds is 0. The molecule has 76 valence electrons. The second-order valence-electron chi connectivity index (χ2n) is 4.44. The van der Waals surface area contributed by atoms with Crippen LogP contribution in [0.3, 0.4) is 0 Å². The van der Waals surface area contributed by atoms with Crippen molar-refractivity contribution in [1.29, 1.82) is 0 Å². The summed E-state index contributed by atoms with van der Waals surface area (Å²) in [4.78, 5) is 0. The third-order valence-corrected chi connectivity index (χ3v) is 4.68. The van der Waals surface area contributed by atoms with E-state index in [0.29, 0.717) is 0 Å². The van der Waals surface area contributed by atoms with Crippen molar-refractivity contribution in [3.63, 3.8) is 0 Å². The van der Waals surface area contributed by atoms with Gasteiger partial charge in [0, 0.05) is 11.2 Å². The highest BCUT2D eigenvalue weighted by Crippen LogP contribution is 2.47. The maximum Gasteiger partial charge on any atom is 0.150 e. The molecule has 1 unspecified atom stereocenters. The van der Waals surface area contributed by atoms with Crippen LogP contribution in [0.4, 0.5) is 0 Å². The highest BCUT2D eigenvalue weighted by Gasteiger charge is 2.54. The lowest BCUT2D eigenvalue weighted by Crippen LogP contribution is -2.48. The molecule has 2 fully saturated rings. The molecule has 2 nitrogen and oxygen atoms in total. The van der Waals surface area contributed by atoms with Crippen LogP contribution in [0, 0.1) is 0 Å². The third kappa shape index (κ3) is 1.58. The quantitative estimate of drug-likeness (QED) is 0.624. The van der Waals surface area contributed by atoms with Crippen LogP contribution >= 0.6 is 0 Å². The SMILES string of the molecule is CC1(C)OS(=S)OC12CCCCC2. The van der Waals surface area contributed by atoms with Crippen molar-refractivity contribution in [1.82, 2.24) is 0 Å². The Morgan fingerprint density at radius 3 is 2.15 bits per heavy atom. The van der Waals surface area contributed by atoms with Crippen LogP contribution in [-0.2, 0) is 29.6 Å². The van der Waals surface area contributed by atoms with Gasteiger partial charge in [-0.1, -0.05) is 19.3 Å². The van der Waals surface area contributed by atoms with E-state index in [-0.39, 0.29) is 11.2 Å². The van der Waals surface area contributed by atoms with Crippen LogP contribution in [0.2, 0.25) is 0 Å². The Labute approximate surface area is 87.0 Å². The highest BCUT2D eigenvalue weighted by atomic mass is 32.8. The maximum absolute atomic E-state index is 5.83. The van der Waals surface area contributed by atoms with Gasteiger partial charge in [-0.3, -0.25) is 8.37 Å². The Kier molecular flexibility index (Phi) is 2.51. The minimum Gasteiger partial charge on any atom is -0.281 e. The van der Waals surface area contributed by atoms with E-state index in [1.807, 2.05) is 0 Å². The average Bonchev–Trinajstić information content (AvgIpc) is 2.23. The summed E-state index contributed by atoms with van der Waals surface area (Å²) in [7, 11) is -0.696. The largest absolute Gasteiger partial charge is 0.281 e. The topological polar surface area (TPSA) is 18.5 Å². The van der Waals surface area contributed by atoms with Gasteiger partial charge in [0.05, 0.1) is 0 Å². The summed E-state index contributed by atoms with van der Waals surface area (Å²) in [5.74, 6) is 0. The second kappa shape index (κ2) is 3.26. The van der Waals surface area contributed by atoms with Gasteiger partial charge in [-0.2, -0.15) is 0 Å². The van der Waals surface area contributed by atoms with Crippen molar-refractivity contribution in [2.75, 3.05) is 0 Å². The highest BCUT2D eigenvalue weighted by molar-refractivity contribution is 8.23. The average molecular weight is 220 g/mol. The molecule has 4 heteroatoms. The third-order valence-electron chi connectivity index (χ3n) is 3.26. The number of hydrogen-bond donors (Lipinski definition) is 0. The predicted octanol–water partition coefficient (Wildman–Crippen LogP) is 2.42. The monoisotopic (exact) mass is 220 g/mol. The Morgan fingerprint density at radius 2 is 1.69 bits per heavy atom. The minimum atomic E-state index is -0.696. The summed E-state index contributed by atoms with van der Waals surface area (Å²) in [5, 5.41) is 0. The van der Waals surface area contributed by atoms with E-state index in [4.69, 9.17) is 19.6 Å². The molecule has 0 bridgehead atoms. The van der Waals surface area contributed by atoms with Crippen LogP contribution in [0.5, 0.6) is 0 Å². The molecule has 1 aliphatic carbocycles. The van der Waals surface area contributed by atoms with E-state index in [2.05, 4.69) is 13.8 Å². The first-order valence-electron chi connectivity index (χ1n) is 4.87. The van der Waals surface area contributed by atoms with Crippen molar-refractivity contribution in [2.45, 2.75) is 57.2 Å². The molecule has 1 aliphatic heterocycles. The molecule has 1 spiro atoms. The first-order chi connectivity index (χ1) is 6.06. The fourth-order valence-corrected chi connectivity index (χ4v) is 4.36. The van der Waals surface area contributed by atoms with Crippen LogP contribution in [-0.4, -0.2) is 11.2 Å². The molecule has 0 aromatic carbocycles. The van der Waals surface area contributed by atoms with E-state index in [0.717, 1.165) is 12.8 Å². The van der Waals surface area contributed by atoms with Crippen LogP contribution < -0.4 is 0 Å². The zero-order chi connectivity index (χ0) is 9.53. The molecule has 0 aromatic rings. The summed E-state index contributed by atoms with van der Waals surface area (Å²) in [5.41, 5.74) is -0.256. The molecule has 0 aromatic heterocycles. The predicted molar refractivity (Wildman–Crippen MR) is 56.8 cm³/mol. The molecule has 2 rings (SSSR count). The molecule has 0 amide bonds. The Bertz CT molecular complexity index is 232. The van der Waals surface area contributed by atoms with Gasteiger partial charge in [0.2, 0.25) is 0 Å². The van der Waals surface area contributed by atoms with Crippen LogP contribution in [0.25, 0.3) is 0 Å². The lowest BCUT2D eigenvalue weighted by molar-refractivity contribution is -0.0497. The minimum absolute atomic E-state index is 0.0733. The van der Waals surface area contributed by atoms with Gasteiger partial charge in [0.25, 0.3) is 0 Å². The van der Waals surface area contributed by atoms with E-state index in [1.165, 1.54) is 19.3 Å². The summed E-state index contributed by atoms with van der Waals surface area (Å²) in [6.07, 6.45) is 6.05. The summed E-state index contributed by atoms with van der Waals surface area (Å²) in [6, 6.07) is 0. The summed E-state index contributed by atoms with van der Waals surface area (Å²) in [6.45, 7) is 4.22. The molecule has 1 saturated carbocycles. The van der Waals surface area contributed by atoms with Crippen molar-refractivity contribution in [3.05, 3.63) is 0 Å². The summed E-state index contributed by atoms with van der Waals surface area (Å²) < 4.78 is 11.5. The summed E-state index contributed by atoms with van der Waals surface area (Å²) >= 11 is 5.09. The van der Waals surface area contributed by atoms with E-state index >= 15 is 0 Å². The molecular formula is C9H16O2S2. The second-order valence-corrected chi connectivity index (χ2v) is 5.99. The maximum atomic E-state index is 5.83. The van der Waals surface area contributed by atoms with Gasteiger partial charge in [-0.05, 0) is 26.7 Å². The van der Waals surface area contributed by atoms with Gasteiger partial charge >= 0.3 is 0 Å². The van der Waals surface area contributed by atoms with Crippen molar-refractivity contribution < 1.29 is 8.37 Å². The zero-order valence-electron chi connectivity index (χ0n) is 8.17. The lowest BCUT2D eigenvalue weighted by Gasteiger charge is -2.39. The van der Waals surface area contributed by atoms with Crippen molar-refractivity contribution in [3.8, 4) is 0 Å². The fraction of sp³-hybridized carbons (Fsp3) is 1.00. The fourth-order valence-electron chi connectivity index (χ4n) is 2.30. The van der Waals surface area contributed by atoms with E-state index in [9.17, 15) is 0 Å². The Morgan fingerprint density at radius 1 is 1.08 bits per heavy atom. The van der Waals surface area contributed by atoms with Crippen molar-refractivity contribution in [2.24, 2.45) is 0 Å². The molecule has 0 N–H and O–H groups in total. The Balaban J connectivity index is 2.24. The van der Waals surface area contributed by atoms with Crippen LogP contribution in [0.15, 0.2) is 0 Å². The van der Waals surface area contributed by atoms with Gasteiger partial charge in [-0.25, -0.2) is 0 Å². The molecule has 1 atom stereocenters. The normalized spacial score (nSPS) is 36.6. The van der Waals surface area contributed by atoms with Crippen molar-refractivity contribution >= 4 is 21.2 Å². The lowest BCUT2D eigenvalue weighted by atomic mass is 9.74. The smallest absolute Gasteiger partial charge is 0.150 e. The molecule has 0 radical (unpaired) electrons. The molecule has 1 saturated heterocycles. The van der Waals surface area contributed by atoms with Gasteiger partial charge < -0.3 is 0 Å². The van der Waals surface area contributed by atoms with E-state index < -0.39 is 10.0 Å². The first kappa shape index (κ1) is 10.0. The number of hydrogen-bond acceptors (Lipinski definition) is 3. The molecular weight excluding hydrogens is 204 g/mol. The van der Waals surface area contributed by atoms with Gasteiger partial charge in [-0.15, -0.1) is 0 Å². The molecule has 13 heavy (non-hydrogen) atoms.